The van der Waals surface area contributed by atoms with Crippen LogP contribution in [0.1, 0.15) is 48.0 Å². The summed E-state index contributed by atoms with van der Waals surface area (Å²) in [6.07, 6.45) is 7.42. The lowest BCUT2D eigenvalue weighted by Crippen LogP contribution is -2.54. The summed E-state index contributed by atoms with van der Waals surface area (Å²) in [5.74, 6) is -0.325. The zero-order valence-corrected chi connectivity index (χ0v) is 20.9. The number of nitrogens with zero attached hydrogens (tertiary/aromatic N) is 4. The molecule has 0 radical (unpaired) electrons. The summed E-state index contributed by atoms with van der Waals surface area (Å²) < 4.78 is 7.12. The molecule has 8 heteroatoms. The fraction of sp³-hybridized carbons (Fsp3) is 0.448. The van der Waals surface area contributed by atoms with Crippen molar-refractivity contribution in [2.24, 2.45) is 5.41 Å². The van der Waals surface area contributed by atoms with Crippen LogP contribution in [0.5, 0.6) is 0 Å². The number of rotatable bonds is 6. The molecule has 3 fully saturated rings. The van der Waals surface area contributed by atoms with Gasteiger partial charge in [0.05, 0.1) is 24.8 Å². The quantitative estimate of drug-likeness (QED) is 0.561. The van der Waals surface area contributed by atoms with Crippen molar-refractivity contribution >= 4 is 16.9 Å². The molecule has 3 heterocycles. The first-order valence-electron chi connectivity index (χ1n) is 13.2. The molecule has 1 amide bonds. The number of benzene rings is 1. The number of fused-ring (bicyclic) bond motifs is 1. The minimum absolute atomic E-state index is 0.104. The van der Waals surface area contributed by atoms with E-state index in [2.05, 4.69) is 21.3 Å². The molecule has 190 valence electrons. The van der Waals surface area contributed by atoms with Crippen LogP contribution in [-0.4, -0.2) is 59.2 Å². The minimum atomic E-state index is -0.325. The van der Waals surface area contributed by atoms with Gasteiger partial charge in [-0.1, -0.05) is 18.6 Å². The van der Waals surface area contributed by atoms with E-state index in [1.807, 2.05) is 12.1 Å². The van der Waals surface area contributed by atoms with E-state index in [9.17, 15) is 14.9 Å². The van der Waals surface area contributed by atoms with Gasteiger partial charge in [0, 0.05) is 49.4 Å². The van der Waals surface area contributed by atoms with Crippen molar-refractivity contribution < 1.29 is 9.53 Å². The van der Waals surface area contributed by atoms with Gasteiger partial charge in [0.15, 0.2) is 0 Å². The average molecular weight is 498 g/mol. The Balaban J connectivity index is 1.43. The summed E-state index contributed by atoms with van der Waals surface area (Å²) in [5.41, 5.74) is 2.64. The van der Waals surface area contributed by atoms with Crippen LogP contribution in [-0.2, 0) is 11.3 Å². The molecule has 2 aromatic heterocycles. The van der Waals surface area contributed by atoms with Gasteiger partial charge in [-0.2, -0.15) is 5.26 Å². The molecule has 2 aliphatic carbocycles. The molecule has 0 bridgehead atoms. The van der Waals surface area contributed by atoms with Crippen LogP contribution in [0, 0.1) is 16.7 Å². The highest BCUT2D eigenvalue weighted by atomic mass is 16.5. The molecular formula is C29H31N5O3. The van der Waals surface area contributed by atoms with Crippen LogP contribution in [0.3, 0.4) is 0 Å². The molecule has 0 unspecified atom stereocenters. The molecule has 8 nitrogen and oxygen atoms in total. The molecule has 1 N–H and O–H groups in total. The second-order valence-corrected chi connectivity index (χ2v) is 10.7. The van der Waals surface area contributed by atoms with Gasteiger partial charge in [0.1, 0.15) is 11.2 Å². The van der Waals surface area contributed by atoms with Crippen molar-refractivity contribution in [2.45, 2.75) is 44.7 Å². The van der Waals surface area contributed by atoms with Crippen LogP contribution in [0.15, 0.2) is 47.4 Å². The SMILES string of the molecule is N#Cc1ccc(-c2c(C(=O)NC3CC4(CCC4)C3)c(=O)n(CCN3CCOCC3)c3ncccc23)cc1. The number of carbonyl (C=O) groups excluding carboxylic acids is 1. The van der Waals surface area contributed by atoms with E-state index in [1.165, 1.54) is 19.3 Å². The molecule has 1 aromatic carbocycles. The number of nitriles is 1. The maximum absolute atomic E-state index is 14.1. The Morgan fingerprint density at radius 3 is 2.57 bits per heavy atom. The van der Waals surface area contributed by atoms with Crippen LogP contribution in [0.2, 0.25) is 0 Å². The number of ether oxygens (including phenoxy) is 1. The van der Waals surface area contributed by atoms with Gasteiger partial charge in [-0.25, -0.2) is 4.98 Å². The van der Waals surface area contributed by atoms with Gasteiger partial charge in [0.25, 0.3) is 11.5 Å². The van der Waals surface area contributed by atoms with Crippen molar-refractivity contribution in [2.75, 3.05) is 32.8 Å². The number of hydrogen-bond donors (Lipinski definition) is 1. The van der Waals surface area contributed by atoms with Gasteiger partial charge >= 0.3 is 0 Å². The van der Waals surface area contributed by atoms with E-state index in [4.69, 9.17) is 4.74 Å². The third-order valence-electron chi connectivity index (χ3n) is 8.40. The van der Waals surface area contributed by atoms with E-state index in [-0.39, 0.29) is 23.1 Å². The van der Waals surface area contributed by atoms with Gasteiger partial charge in [-0.05, 0) is 60.9 Å². The summed E-state index contributed by atoms with van der Waals surface area (Å²) in [6.45, 7) is 4.12. The standard InChI is InChI=1S/C29H31N5O3/c30-19-20-4-6-21(7-5-20)24-23-3-1-10-31-26(23)34(12-11-33-13-15-37-16-14-33)28(36)25(24)27(35)32-22-17-29(18-22)8-2-9-29/h1,3-7,10,22H,2,8-9,11-18H2,(H,32,35). The normalized spacial score (nSPS) is 19.2. The largest absolute Gasteiger partial charge is 0.379 e. The number of pyridine rings is 2. The monoisotopic (exact) mass is 497 g/mol. The molecule has 2 saturated carbocycles. The maximum atomic E-state index is 14.1. The number of carbonyl (C=O) groups is 1. The van der Waals surface area contributed by atoms with Crippen LogP contribution in [0.25, 0.3) is 22.2 Å². The van der Waals surface area contributed by atoms with E-state index in [0.717, 1.165) is 36.9 Å². The van der Waals surface area contributed by atoms with Crippen molar-refractivity contribution in [1.82, 2.24) is 19.8 Å². The molecule has 0 atom stereocenters. The molecule has 37 heavy (non-hydrogen) atoms. The predicted octanol–water partition coefficient (Wildman–Crippen LogP) is 3.33. The van der Waals surface area contributed by atoms with E-state index in [0.29, 0.717) is 48.5 Å². The van der Waals surface area contributed by atoms with Gasteiger partial charge in [0.2, 0.25) is 0 Å². The third kappa shape index (κ3) is 4.43. The smallest absolute Gasteiger partial charge is 0.265 e. The first-order chi connectivity index (χ1) is 18.1. The Hall–Kier alpha value is -3.54. The van der Waals surface area contributed by atoms with Crippen molar-refractivity contribution in [3.05, 3.63) is 64.1 Å². The summed E-state index contributed by atoms with van der Waals surface area (Å²) in [6, 6.07) is 13.0. The zero-order valence-electron chi connectivity index (χ0n) is 20.9. The number of aromatic nitrogens is 2. The Morgan fingerprint density at radius 1 is 1.14 bits per heavy atom. The maximum Gasteiger partial charge on any atom is 0.265 e. The molecule has 3 aliphatic rings. The molecule has 1 spiro atoms. The minimum Gasteiger partial charge on any atom is -0.379 e. The average Bonchev–Trinajstić information content (AvgIpc) is 2.89. The topological polar surface area (TPSA) is 100 Å². The number of hydrogen-bond acceptors (Lipinski definition) is 6. The lowest BCUT2D eigenvalue weighted by atomic mass is 9.54. The first-order valence-corrected chi connectivity index (χ1v) is 13.2. The summed E-state index contributed by atoms with van der Waals surface area (Å²) in [5, 5.41) is 13.2. The lowest BCUT2D eigenvalue weighted by Gasteiger charge is -2.54. The van der Waals surface area contributed by atoms with Crippen LogP contribution < -0.4 is 10.9 Å². The summed E-state index contributed by atoms with van der Waals surface area (Å²) in [7, 11) is 0. The van der Waals surface area contributed by atoms with E-state index in [1.54, 1.807) is 35.0 Å². The molecule has 1 aliphatic heterocycles. The zero-order chi connectivity index (χ0) is 25.4. The van der Waals surface area contributed by atoms with Crippen LogP contribution in [0.4, 0.5) is 0 Å². The fourth-order valence-corrected chi connectivity index (χ4v) is 6.21. The molecule has 3 aromatic rings. The van der Waals surface area contributed by atoms with Crippen molar-refractivity contribution in [3.8, 4) is 17.2 Å². The highest BCUT2D eigenvalue weighted by Gasteiger charge is 2.48. The fourth-order valence-electron chi connectivity index (χ4n) is 6.21. The summed E-state index contributed by atoms with van der Waals surface area (Å²) >= 11 is 0. The van der Waals surface area contributed by atoms with E-state index < -0.39 is 0 Å². The Morgan fingerprint density at radius 2 is 1.89 bits per heavy atom. The molecule has 1 saturated heterocycles. The lowest BCUT2D eigenvalue weighted by molar-refractivity contribution is -0.000640. The van der Waals surface area contributed by atoms with Gasteiger partial charge in [-0.15, -0.1) is 0 Å². The van der Waals surface area contributed by atoms with Gasteiger partial charge < -0.3 is 10.1 Å². The Bertz CT molecular complexity index is 1420. The summed E-state index contributed by atoms with van der Waals surface area (Å²) in [4.78, 5) is 34.7. The van der Waals surface area contributed by atoms with Gasteiger partial charge in [-0.3, -0.25) is 19.1 Å². The number of morpholine rings is 1. The molecule has 6 rings (SSSR count). The highest BCUT2D eigenvalue weighted by molar-refractivity contribution is 6.08. The predicted molar refractivity (Wildman–Crippen MR) is 140 cm³/mol. The van der Waals surface area contributed by atoms with E-state index >= 15 is 0 Å². The third-order valence-corrected chi connectivity index (χ3v) is 8.40. The van der Waals surface area contributed by atoms with Crippen molar-refractivity contribution in [1.29, 1.82) is 5.26 Å². The number of nitrogens with one attached hydrogen (secondary N) is 1. The van der Waals surface area contributed by atoms with Crippen LogP contribution >= 0.6 is 0 Å². The Labute approximate surface area is 215 Å². The van der Waals surface area contributed by atoms with Crippen molar-refractivity contribution in [3.63, 3.8) is 0 Å². The highest BCUT2D eigenvalue weighted by Crippen LogP contribution is 2.55. The Kier molecular flexibility index (Phi) is 6.27. The second-order valence-electron chi connectivity index (χ2n) is 10.7. The second kappa shape index (κ2) is 9.73. The number of amides is 1. The first kappa shape index (κ1) is 23.8. The molecular weight excluding hydrogens is 466 g/mol.